The highest BCUT2D eigenvalue weighted by molar-refractivity contribution is 7.53. The van der Waals surface area contributed by atoms with Crippen molar-refractivity contribution in [2.45, 2.75) is 65.0 Å². The molecule has 0 saturated carbocycles. The highest BCUT2D eigenvalue weighted by Gasteiger charge is 2.48. The average molecular weight is 640 g/mol. The van der Waals surface area contributed by atoms with Gasteiger partial charge in [-0.3, -0.25) is 4.57 Å². The van der Waals surface area contributed by atoms with Gasteiger partial charge in [-0.25, -0.2) is 4.79 Å². The van der Waals surface area contributed by atoms with Gasteiger partial charge in [-0.05, 0) is 30.5 Å². The second kappa shape index (κ2) is 18.1. The zero-order chi connectivity index (χ0) is 31.9. The predicted molar refractivity (Wildman–Crippen MR) is 170 cm³/mol. The molecular weight excluding hydrogens is 597 g/mol. The lowest BCUT2D eigenvalue weighted by Crippen LogP contribution is -2.59. The summed E-state index contributed by atoms with van der Waals surface area (Å²) < 4.78 is 50.7. The third kappa shape index (κ3) is 11.0. The molecule has 3 aromatic rings. The van der Waals surface area contributed by atoms with Crippen LogP contribution in [0.15, 0.2) is 96.2 Å². The maximum atomic E-state index is 13.8. The molecule has 0 bridgehead atoms. The highest BCUT2D eigenvalue weighted by Crippen LogP contribution is 2.50. The summed E-state index contributed by atoms with van der Waals surface area (Å²) in [6.45, 7) is 5.98. The fourth-order valence-corrected chi connectivity index (χ4v) is 6.66. The lowest BCUT2D eigenvalue weighted by atomic mass is 9.95. The number of ether oxygens (including phenoxy) is 4. The minimum absolute atomic E-state index is 0.129. The molecule has 0 spiro atoms. The Morgan fingerprint density at radius 1 is 0.778 bits per heavy atom. The summed E-state index contributed by atoms with van der Waals surface area (Å²) in [5.74, 6) is -0.629. The number of benzene rings is 3. The van der Waals surface area contributed by atoms with Crippen molar-refractivity contribution < 1.29 is 42.2 Å². The number of nitrogens with zero attached hydrogens (tertiary/aromatic N) is 1. The molecule has 4 rings (SSSR count). The maximum absolute atomic E-state index is 13.8. The van der Waals surface area contributed by atoms with Gasteiger partial charge in [0.25, 0.3) is 0 Å². The summed E-state index contributed by atoms with van der Waals surface area (Å²) in [6, 6.07) is 29.2. The van der Waals surface area contributed by atoms with Gasteiger partial charge in [0.1, 0.15) is 30.1 Å². The Hall–Kier alpha value is -3.21. The standard InChI is InChI=1S/C34H42NO9P/c1-4-41-45(37,42-5-2)25-31-32(35-44-26(3)36)34(40-23-29-19-13-8-14-20-29)33(39-22-28-17-11-7-12-18-28)30(43-31)24-38-21-27-15-9-6-10-16-27/h6-20,30-31,33-34H,4-5,21-25H2,1-3H3/b35-32-/t30?,31-,33-,34-/m1/s1. The topological polar surface area (TPSA) is 111 Å². The Balaban J connectivity index is 1.70. The Kier molecular flexibility index (Phi) is 13.9. The molecular formula is C34H42NO9P. The Bertz CT molecular complexity index is 1360. The van der Waals surface area contributed by atoms with Crippen LogP contribution in [-0.2, 0) is 62.0 Å². The summed E-state index contributed by atoms with van der Waals surface area (Å²) in [6.07, 6.45) is -3.43. The fourth-order valence-electron chi connectivity index (χ4n) is 4.91. The third-order valence-electron chi connectivity index (χ3n) is 6.90. The molecule has 0 radical (unpaired) electrons. The molecule has 0 aromatic heterocycles. The summed E-state index contributed by atoms with van der Waals surface area (Å²) >= 11 is 0. The minimum atomic E-state index is -3.64. The molecule has 1 aliphatic rings. The largest absolute Gasteiger partial charge is 0.374 e. The molecule has 11 heteroatoms. The van der Waals surface area contributed by atoms with Crippen LogP contribution in [-0.4, -0.2) is 62.1 Å². The van der Waals surface area contributed by atoms with Crippen molar-refractivity contribution in [2.75, 3.05) is 26.0 Å². The summed E-state index contributed by atoms with van der Waals surface area (Å²) in [7, 11) is -3.64. The van der Waals surface area contributed by atoms with E-state index in [0.29, 0.717) is 6.61 Å². The number of rotatable bonds is 17. The number of hydrogen-bond donors (Lipinski definition) is 0. The zero-order valence-electron chi connectivity index (χ0n) is 26.0. The van der Waals surface area contributed by atoms with Crippen LogP contribution in [0.1, 0.15) is 37.5 Å². The molecule has 1 saturated heterocycles. The summed E-state index contributed by atoms with van der Waals surface area (Å²) in [5.41, 5.74) is 3.07. The first-order valence-corrected chi connectivity index (χ1v) is 16.8. The second-order valence-electron chi connectivity index (χ2n) is 10.4. The Labute approximate surface area is 265 Å². The first-order valence-electron chi connectivity index (χ1n) is 15.1. The first kappa shape index (κ1) is 34.7. The number of carbonyl (C=O) groups excluding carboxylic acids is 1. The molecule has 4 atom stereocenters. The molecule has 10 nitrogen and oxygen atoms in total. The van der Waals surface area contributed by atoms with E-state index >= 15 is 0 Å². The predicted octanol–water partition coefficient (Wildman–Crippen LogP) is 6.33. The summed E-state index contributed by atoms with van der Waals surface area (Å²) in [5, 5.41) is 4.19. The number of carbonyl (C=O) groups is 1. The van der Waals surface area contributed by atoms with Gasteiger partial charge >= 0.3 is 13.6 Å². The van der Waals surface area contributed by atoms with Crippen LogP contribution in [0, 0.1) is 0 Å². The molecule has 1 unspecified atom stereocenters. The number of oxime groups is 1. The van der Waals surface area contributed by atoms with Crippen molar-refractivity contribution >= 4 is 19.3 Å². The molecule has 0 aliphatic carbocycles. The van der Waals surface area contributed by atoms with E-state index in [1.165, 1.54) is 6.92 Å². The normalized spacial score (nSPS) is 21.1. The van der Waals surface area contributed by atoms with Crippen molar-refractivity contribution in [2.24, 2.45) is 5.16 Å². The van der Waals surface area contributed by atoms with Gasteiger partial charge < -0.3 is 32.8 Å². The third-order valence-corrected chi connectivity index (χ3v) is 8.98. The van der Waals surface area contributed by atoms with Crippen molar-refractivity contribution in [1.29, 1.82) is 0 Å². The van der Waals surface area contributed by atoms with Crippen molar-refractivity contribution in [3.8, 4) is 0 Å². The van der Waals surface area contributed by atoms with Gasteiger partial charge in [0.05, 0.1) is 45.8 Å². The van der Waals surface area contributed by atoms with Crippen LogP contribution >= 0.6 is 7.60 Å². The second-order valence-corrected chi connectivity index (χ2v) is 12.5. The van der Waals surface area contributed by atoms with E-state index in [9.17, 15) is 9.36 Å². The zero-order valence-corrected chi connectivity index (χ0v) is 26.9. The van der Waals surface area contributed by atoms with E-state index in [1.807, 2.05) is 91.0 Å². The van der Waals surface area contributed by atoms with Gasteiger partial charge in [0.15, 0.2) is 0 Å². The van der Waals surface area contributed by atoms with E-state index in [0.717, 1.165) is 16.7 Å². The molecule has 0 amide bonds. The maximum Gasteiger partial charge on any atom is 0.333 e. The van der Waals surface area contributed by atoms with E-state index in [2.05, 4.69) is 5.16 Å². The molecule has 3 aromatic carbocycles. The Morgan fingerprint density at radius 2 is 1.29 bits per heavy atom. The molecule has 242 valence electrons. The molecule has 45 heavy (non-hydrogen) atoms. The smallest absolute Gasteiger partial charge is 0.333 e. The lowest BCUT2D eigenvalue weighted by molar-refractivity contribution is -0.174. The van der Waals surface area contributed by atoms with Crippen molar-refractivity contribution in [3.05, 3.63) is 108 Å². The lowest BCUT2D eigenvalue weighted by Gasteiger charge is -2.42. The van der Waals surface area contributed by atoms with Crippen LogP contribution in [0.2, 0.25) is 0 Å². The fraction of sp³-hybridized carbons (Fsp3) is 0.412. The molecule has 1 aliphatic heterocycles. The van der Waals surface area contributed by atoms with Gasteiger partial charge in [0, 0.05) is 6.92 Å². The Morgan fingerprint density at radius 3 is 1.80 bits per heavy atom. The van der Waals surface area contributed by atoms with Crippen LogP contribution in [0.5, 0.6) is 0 Å². The van der Waals surface area contributed by atoms with Crippen LogP contribution in [0.4, 0.5) is 0 Å². The van der Waals surface area contributed by atoms with Crippen LogP contribution < -0.4 is 0 Å². The van der Waals surface area contributed by atoms with Crippen molar-refractivity contribution in [3.63, 3.8) is 0 Å². The molecule has 0 N–H and O–H groups in total. The van der Waals surface area contributed by atoms with Crippen molar-refractivity contribution in [1.82, 2.24) is 0 Å². The van der Waals surface area contributed by atoms with Crippen LogP contribution in [0.3, 0.4) is 0 Å². The first-order chi connectivity index (χ1) is 21.9. The minimum Gasteiger partial charge on any atom is -0.374 e. The average Bonchev–Trinajstić information content (AvgIpc) is 3.04. The van der Waals surface area contributed by atoms with E-state index in [1.54, 1.807) is 13.8 Å². The van der Waals surface area contributed by atoms with E-state index < -0.39 is 38.0 Å². The van der Waals surface area contributed by atoms with Gasteiger partial charge in [-0.2, -0.15) is 0 Å². The van der Waals surface area contributed by atoms with E-state index in [-0.39, 0.29) is 44.9 Å². The van der Waals surface area contributed by atoms with Gasteiger partial charge in [-0.1, -0.05) is 96.2 Å². The monoisotopic (exact) mass is 639 g/mol. The highest BCUT2D eigenvalue weighted by atomic mass is 31.2. The summed E-state index contributed by atoms with van der Waals surface area (Å²) in [4.78, 5) is 17.1. The van der Waals surface area contributed by atoms with Gasteiger partial charge in [0.2, 0.25) is 0 Å². The SMILES string of the molecule is CCOP(=O)(C[C@H]1OC(COCc2ccccc2)[C@@H](OCc2ccccc2)[C@H](OCc2ccccc2)/C1=N\OC(C)=O)OCC. The van der Waals surface area contributed by atoms with Crippen LogP contribution in [0.25, 0.3) is 0 Å². The van der Waals surface area contributed by atoms with E-state index in [4.69, 9.17) is 32.8 Å². The van der Waals surface area contributed by atoms with Gasteiger partial charge in [-0.15, -0.1) is 0 Å². The molecule has 1 heterocycles. The molecule has 1 fully saturated rings. The number of hydrogen-bond acceptors (Lipinski definition) is 10. The quantitative estimate of drug-likeness (QED) is 0.0951.